The molecule has 0 heterocycles. The van der Waals surface area contributed by atoms with Crippen molar-refractivity contribution in [1.29, 1.82) is 0 Å². The van der Waals surface area contributed by atoms with Crippen LogP contribution in [0.2, 0.25) is 0 Å². The zero-order valence-corrected chi connectivity index (χ0v) is 27.7. The number of amides is 2. The Labute approximate surface area is 286 Å². The van der Waals surface area contributed by atoms with Crippen LogP contribution in [0, 0.1) is 11.6 Å². The maximum absolute atomic E-state index is 14.0. The summed E-state index contributed by atoms with van der Waals surface area (Å²) in [5.74, 6) is -3.99. The molecule has 0 bridgehead atoms. The lowest BCUT2D eigenvalue weighted by Crippen LogP contribution is -2.32. The van der Waals surface area contributed by atoms with Crippen LogP contribution in [-0.4, -0.2) is 29.1 Å². The number of nitrogens with two attached hydrogens (primary N) is 1. The lowest BCUT2D eigenvalue weighted by Gasteiger charge is -2.26. The molecule has 0 saturated carbocycles. The predicted octanol–water partition coefficient (Wildman–Crippen LogP) is 7.78. The van der Waals surface area contributed by atoms with E-state index in [1.165, 1.54) is 11.6 Å². The first kappa shape index (κ1) is 39.1. The Morgan fingerprint density at radius 2 is 1.42 bits per heavy atom. The number of carbonyl (C=O) groups is 3. The van der Waals surface area contributed by atoms with Crippen molar-refractivity contribution in [3.05, 3.63) is 125 Å². The number of halogens is 5. The fourth-order valence-electron chi connectivity index (χ4n) is 4.56. The normalized spacial score (nSPS) is 11.2. The Bertz CT molecular complexity index is 1750. The second-order valence-corrected chi connectivity index (χ2v) is 12.1. The van der Waals surface area contributed by atoms with Crippen molar-refractivity contribution in [2.45, 2.75) is 64.8 Å². The van der Waals surface area contributed by atoms with Crippen molar-refractivity contribution in [2.24, 2.45) is 5.73 Å². The summed E-state index contributed by atoms with van der Waals surface area (Å²) in [7, 11) is 0. The Morgan fingerprint density at radius 1 is 0.820 bits per heavy atom. The van der Waals surface area contributed by atoms with E-state index < -0.39 is 29.7 Å². The van der Waals surface area contributed by atoms with E-state index in [1.54, 1.807) is 17.0 Å². The summed E-state index contributed by atoms with van der Waals surface area (Å²) in [6, 6.07) is 26.2. The largest absolute Gasteiger partial charge is 0.490 e. The molecule has 0 aromatic heterocycles. The molecule has 4 N–H and O–H groups in total. The first-order chi connectivity index (χ1) is 23.5. The van der Waals surface area contributed by atoms with Gasteiger partial charge in [-0.1, -0.05) is 75.4 Å². The van der Waals surface area contributed by atoms with Gasteiger partial charge in [0.2, 0.25) is 11.8 Å². The van der Waals surface area contributed by atoms with Crippen molar-refractivity contribution in [3.8, 4) is 11.5 Å². The molecule has 0 aliphatic carbocycles. The first-order valence-corrected chi connectivity index (χ1v) is 15.4. The third-order valence-corrected chi connectivity index (χ3v) is 7.31. The van der Waals surface area contributed by atoms with Crippen LogP contribution >= 0.6 is 0 Å². The van der Waals surface area contributed by atoms with Gasteiger partial charge in [0.1, 0.15) is 17.4 Å². The number of ether oxygens (including phenoxy) is 1. The standard InChI is InChI=1S/C35H37F2N3O3.C2HF3O2/c1-35(2,3)26-16-14-24(15-17-26)23-40(31-12-4-5-13-32(31)43-27-9-6-8-25(20-27)21-38)34(42)19-18-33(41)39-22-28-29(36)10-7-11-30(28)37;3-2(4,5)1(6)7/h4-17,20H,18-19,21-23,38H2,1-3H3,(H,39,41);(H,6,7). The summed E-state index contributed by atoms with van der Waals surface area (Å²) < 4.78 is 65.9. The van der Waals surface area contributed by atoms with E-state index in [0.717, 1.165) is 23.3 Å². The Balaban J connectivity index is 0.000000872. The SMILES string of the molecule is CC(C)(C)c1ccc(CN(C(=O)CCC(=O)NCc2c(F)cccc2F)c2ccccc2Oc2cccc(CN)c2)cc1.O=C(O)C(F)(F)F. The lowest BCUT2D eigenvalue weighted by atomic mass is 9.87. The van der Waals surface area contributed by atoms with Gasteiger partial charge >= 0.3 is 12.1 Å². The number of nitrogens with one attached hydrogen (secondary N) is 1. The van der Waals surface area contributed by atoms with Crippen molar-refractivity contribution in [2.75, 3.05) is 4.90 Å². The molecule has 4 aromatic rings. The summed E-state index contributed by atoms with van der Waals surface area (Å²) in [4.78, 5) is 36.8. The zero-order chi connectivity index (χ0) is 37.1. The van der Waals surface area contributed by atoms with Crippen LogP contribution in [0.15, 0.2) is 91.0 Å². The van der Waals surface area contributed by atoms with E-state index in [-0.39, 0.29) is 42.8 Å². The molecule has 4 aromatic carbocycles. The maximum atomic E-state index is 14.0. The van der Waals surface area contributed by atoms with Crippen molar-refractivity contribution in [1.82, 2.24) is 5.32 Å². The summed E-state index contributed by atoms with van der Waals surface area (Å²) in [6.45, 7) is 6.70. The molecule has 0 spiro atoms. The molecule has 0 atom stereocenters. The van der Waals surface area contributed by atoms with Crippen LogP contribution in [0.4, 0.5) is 27.6 Å². The predicted molar refractivity (Wildman–Crippen MR) is 178 cm³/mol. The number of carboxylic acid groups (broad SMARTS) is 1. The molecule has 0 radical (unpaired) electrons. The molecule has 2 amide bonds. The number of para-hydroxylation sites is 2. The Kier molecular flexibility index (Phi) is 13.6. The minimum absolute atomic E-state index is 0.0223. The van der Waals surface area contributed by atoms with E-state index in [9.17, 15) is 31.5 Å². The fraction of sp³-hybridized carbons (Fsp3) is 0.270. The lowest BCUT2D eigenvalue weighted by molar-refractivity contribution is -0.192. The van der Waals surface area contributed by atoms with Gasteiger partial charge in [-0.2, -0.15) is 13.2 Å². The zero-order valence-electron chi connectivity index (χ0n) is 27.7. The number of rotatable bonds is 11. The third-order valence-electron chi connectivity index (χ3n) is 7.31. The van der Waals surface area contributed by atoms with Gasteiger partial charge in [-0.05, 0) is 58.5 Å². The van der Waals surface area contributed by atoms with E-state index in [0.29, 0.717) is 23.7 Å². The van der Waals surface area contributed by atoms with Crippen molar-refractivity contribution < 1.29 is 46.2 Å². The van der Waals surface area contributed by atoms with E-state index in [2.05, 4.69) is 26.1 Å². The molecule has 0 aliphatic heterocycles. The number of anilines is 1. The molecule has 8 nitrogen and oxygen atoms in total. The molecule has 0 aliphatic rings. The molecule has 4 rings (SSSR count). The Morgan fingerprint density at radius 3 is 2.00 bits per heavy atom. The third kappa shape index (κ3) is 11.7. The summed E-state index contributed by atoms with van der Waals surface area (Å²) in [5.41, 5.74) is 9.07. The van der Waals surface area contributed by atoms with E-state index >= 15 is 0 Å². The molecule has 50 heavy (non-hydrogen) atoms. The number of alkyl halides is 3. The minimum atomic E-state index is -5.08. The Hall–Kier alpha value is -5.30. The highest BCUT2D eigenvalue weighted by Crippen LogP contribution is 2.34. The number of benzene rings is 4. The van der Waals surface area contributed by atoms with Gasteiger partial charge in [0.05, 0.1) is 12.2 Å². The molecule has 13 heteroatoms. The van der Waals surface area contributed by atoms with Crippen LogP contribution in [-0.2, 0) is 39.4 Å². The van der Waals surface area contributed by atoms with Crippen molar-refractivity contribution in [3.63, 3.8) is 0 Å². The smallest absolute Gasteiger partial charge is 0.475 e. The number of hydrogen-bond acceptors (Lipinski definition) is 5. The highest BCUT2D eigenvalue weighted by atomic mass is 19.4. The van der Waals surface area contributed by atoms with Gasteiger partial charge in [-0.25, -0.2) is 13.6 Å². The second kappa shape index (κ2) is 17.4. The molecule has 0 saturated heterocycles. The summed E-state index contributed by atoms with van der Waals surface area (Å²) in [6.07, 6.45) is -5.36. The number of hydrogen-bond donors (Lipinski definition) is 3. The van der Waals surface area contributed by atoms with Crippen LogP contribution in [0.3, 0.4) is 0 Å². The molecular weight excluding hydrogens is 661 g/mol. The van der Waals surface area contributed by atoms with Gasteiger partial charge in [0.25, 0.3) is 0 Å². The number of carboxylic acids is 1. The number of carbonyl (C=O) groups excluding carboxylic acids is 2. The van der Waals surface area contributed by atoms with Gasteiger partial charge in [0, 0.05) is 31.5 Å². The summed E-state index contributed by atoms with van der Waals surface area (Å²) in [5, 5.41) is 9.64. The quantitative estimate of drug-likeness (QED) is 0.138. The highest BCUT2D eigenvalue weighted by Gasteiger charge is 2.38. The minimum Gasteiger partial charge on any atom is -0.475 e. The van der Waals surface area contributed by atoms with Crippen LogP contribution in [0.25, 0.3) is 0 Å². The fourth-order valence-corrected chi connectivity index (χ4v) is 4.56. The number of aliphatic carboxylic acids is 1. The van der Waals surface area contributed by atoms with Crippen LogP contribution in [0.5, 0.6) is 11.5 Å². The average molecular weight is 700 g/mol. The molecule has 266 valence electrons. The van der Waals surface area contributed by atoms with Gasteiger partial charge in [-0.15, -0.1) is 0 Å². The molecular formula is C37H38F5N3O5. The monoisotopic (exact) mass is 699 g/mol. The summed E-state index contributed by atoms with van der Waals surface area (Å²) >= 11 is 0. The maximum Gasteiger partial charge on any atom is 0.490 e. The topological polar surface area (TPSA) is 122 Å². The van der Waals surface area contributed by atoms with Crippen molar-refractivity contribution >= 4 is 23.5 Å². The van der Waals surface area contributed by atoms with E-state index in [4.69, 9.17) is 20.4 Å². The van der Waals surface area contributed by atoms with Gasteiger partial charge < -0.3 is 25.8 Å². The van der Waals surface area contributed by atoms with Crippen LogP contribution < -0.4 is 20.7 Å². The second-order valence-electron chi connectivity index (χ2n) is 12.1. The van der Waals surface area contributed by atoms with Gasteiger partial charge in [-0.3, -0.25) is 9.59 Å². The first-order valence-electron chi connectivity index (χ1n) is 15.4. The molecule has 0 unspecified atom stereocenters. The average Bonchev–Trinajstić information content (AvgIpc) is 3.06. The molecule has 0 fully saturated rings. The highest BCUT2D eigenvalue weighted by molar-refractivity contribution is 5.96. The van der Waals surface area contributed by atoms with E-state index in [1.807, 2.05) is 60.7 Å². The van der Waals surface area contributed by atoms with Crippen LogP contribution in [0.1, 0.15) is 55.9 Å². The van der Waals surface area contributed by atoms with Gasteiger partial charge in [0.15, 0.2) is 5.75 Å². The number of nitrogens with zero attached hydrogens (tertiary/aromatic N) is 1.